The number of nitrogens with one attached hydrogen (secondary N) is 1. The zero-order valence-electron chi connectivity index (χ0n) is 19.1. The van der Waals surface area contributed by atoms with Gasteiger partial charge in [0, 0.05) is 28.8 Å². The maximum Gasteiger partial charge on any atom is 0.419 e. The molecule has 0 atom stereocenters. The van der Waals surface area contributed by atoms with Gasteiger partial charge in [0.1, 0.15) is 5.75 Å². The third-order valence-electron chi connectivity index (χ3n) is 5.15. The number of fused-ring (bicyclic) bond motifs is 1. The second-order valence-corrected chi connectivity index (χ2v) is 7.50. The number of aromatic nitrogens is 1. The quantitative estimate of drug-likeness (QED) is 0.362. The van der Waals surface area contributed by atoms with Gasteiger partial charge in [0.25, 0.3) is 0 Å². The molecule has 0 saturated heterocycles. The fourth-order valence-corrected chi connectivity index (χ4v) is 3.41. The van der Waals surface area contributed by atoms with E-state index in [1.807, 2.05) is 13.0 Å². The van der Waals surface area contributed by atoms with E-state index in [0.29, 0.717) is 28.9 Å². The number of unbranched alkanes of at least 4 members (excludes halogenated alkanes) is 1. The van der Waals surface area contributed by atoms with Crippen LogP contribution in [0, 0.1) is 6.92 Å². The van der Waals surface area contributed by atoms with Crippen molar-refractivity contribution < 1.29 is 28.6 Å². The van der Waals surface area contributed by atoms with Crippen LogP contribution in [0.1, 0.15) is 42.2 Å². The molecule has 1 amide bonds. The first-order valence-electron chi connectivity index (χ1n) is 10.8. The maximum absolute atomic E-state index is 13.0. The van der Waals surface area contributed by atoms with E-state index in [4.69, 9.17) is 14.2 Å². The van der Waals surface area contributed by atoms with Crippen molar-refractivity contribution >= 4 is 34.6 Å². The Hall–Kier alpha value is -3.81. The summed E-state index contributed by atoms with van der Waals surface area (Å²) in [5.74, 6) is -0.577. The van der Waals surface area contributed by atoms with Gasteiger partial charge in [0.2, 0.25) is 0 Å². The van der Waals surface area contributed by atoms with Crippen LogP contribution >= 0.6 is 0 Å². The van der Waals surface area contributed by atoms with Gasteiger partial charge < -0.3 is 19.2 Å². The van der Waals surface area contributed by atoms with Crippen LogP contribution in [0.25, 0.3) is 10.9 Å². The summed E-state index contributed by atoms with van der Waals surface area (Å²) >= 11 is 0. The maximum atomic E-state index is 13.0. The Morgan fingerprint density at radius 2 is 1.82 bits per heavy atom. The minimum Gasteiger partial charge on any atom is -0.469 e. The van der Waals surface area contributed by atoms with Gasteiger partial charge in [-0.1, -0.05) is 31.5 Å². The third kappa shape index (κ3) is 5.91. The number of nitrogens with zero attached hydrogens (tertiary/aromatic N) is 1. The summed E-state index contributed by atoms with van der Waals surface area (Å²) < 4.78 is 15.7. The first-order chi connectivity index (χ1) is 15.9. The number of benzene rings is 2. The lowest BCUT2D eigenvalue weighted by Gasteiger charge is -2.21. The monoisotopic (exact) mass is 452 g/mol. The summed E-state index contributed by atoms with van der Waals surface area (Å²) in [6, 6.07) is 13.9. The largest absolute Gasteiger partial charge is 0.469 e. The van der Waals surface area contributed by atoms with Gasteiger partial charge in [0.15, 0.2) is 0 Å². The number of hydrogen-bond donors (Lipinski definition) is 1. The van der Waals surface area contributed by atoms with Gasteiger partial charge in [0.05, 0.1) is 25.7 Å². The van der Waals surface area contributed by atoms with Crippen LogP contribution in [0.2, 0.25) is 0 Å². The molecule has 0 bridgehead atoms. The molecule has 8 nitrogen and oxygen atoms in total. The highest BCUT2D eigenvalue weighted by Gasteiger charge is 2.22. The number of carbonyl (C=O) groups is 3. The number of carbonyl (C=O) groups excluding carboxylic acids is 3. The van der Waals surface area contributed by atoms with Crippen molar-refractivity contribution in [1.82, 2.24) is 4.98 Å². The molecule has 1 aromatic heterocycles. The molecule has 3 rings (SSSR count). The summed E-state index contributed by atoms with van der Waals surface area (Å²) in [7, 11) is 1.30. The van der Waals surface area contributed by atoms with Crippen molar-refractivity contribution in [2.75, 3.05) is 25.2 Å². The number of rotatable bonds is 9. The number of methoxy groups -OCH3 is 1. The van der Waals surface area contributed by atoms with Crippen LogP contribution in [0.4, 0.5) is 10.5 Å². The van der Waals surface area contributed by atoms with E-state index in [1.165, 1.54) is 12.0 Å². The molecule has 0 aliphatic heterocycles. The molecule has 0 radical (unpaired) electrons. The van der Waals surface area contributed by atoms with Gasteiger partial charge in [-0.3, -0.25) is 9.69 Å². The van der Waals surface area contributed by atoms with E-state index < -0.39 is 18.0 Å². The number of ether oxygens (including phenoxy) is 3. The third-order valence-corrected chi connectivity index (χ3v) is 5.15. The predicted octanol–water partition coefficient (Wildman–Crippen LogP) is 5.00. The molecule has 3 aromatic rings. The van der Waals surface area contributed by atoms with E-state index in [0.717, 1.165) is 18.4 Å². The Bertz CT molecular complexity index is 1120. The summed E-state index contributed by atoms with van der Waals surface area (Å²) in [6.07, 6.45) is 1.08. The lowest BCUT2D eigenvalue weighted by Crippen LogP contribution is -2.35. The van der Waals surface area contributed by atoms with Crippen LogP contribution in [0.5, 0.6) is 5.75 Å². The Labute approximate surface area is 192 Å². The zero-order valence-corrected chi connectivity index (χ0v) is 19.1. The number of para-hydroxylation sites is 1. The highest BCUT2D eigenvalue weighted by molar-refractivity contribution is 6.06. The number of aryl methyl sites for hydroxylation is 1. The molecule has 8 heteroatoms. The number of esters is 2. The highest BCUT2D eigenvalue weighted by Crippen LogP contribution is 2.28. The van der Waals surface area contributed by atoms with Crippen LogP contribution < -0.4 is 9.64 Å². The Morgan fingerprint density at radius 3 is 2.52 bits per heavy atom. The highest BCUT2D eigenvalue weighted by atomic mass is 16.6. The fraction of sp³-hybridized carbons (Fsp3) is 0.320. The average molecular weight is 453 g/mol. The average Bonchev–Trinajstić information content (AvgIpc) is 3.14. The molecule has 2 aromatic carbocycles. The van der Waals surface area contributed by atoms with Crippen LogP contribution in [0.3, 0.4) is 0 Å². The SMILES string of the molecule is CCCCOC(=O)c1c(C)[nH]c2ccc(OC(=O)N(CCC(=O)OC)c3ccccc3)cc12. The van der Waals surface area contributed by atoms with Gasteiger partial charge in [-0.2, -0.15) is 0 Å². The number of hydrogen-bond acceptors (Lipinski definition) is 6. The Kier molecular flexibility index (Phi) is 8.07. The molecule has 1 heterocycles. The summed E-state index contributed by atoms with van der Waals surface area (Å²) in [5.41, 5.74) is 2.43. The molecule has 0 unspecified atom stereocenters. The molecule has 174 valence electrons. The molecule has 0 saturated carbocycles. The van der Waals surface area contributed by atoms with Crippen LogP contribution in [0.15, 0.2) is 48.5 Å². The van der Waals surface area contributed by atoms with Gasteiger partial charge in [-0.05, 0) is 43.7 Å². The van der Waals surface area contributed by atoms with E-state index in [2.05, 4.69) is 4.98 Å². The molecule has 0 aliphatic rings. The topological polar surface area (TPSA) is 97.9 Å². The van der Waals surface area contributed by atoms with E-state index in [9.17, 15) is 14.4 Å². The van der Waals surface area contributed by atoms with Crippen molar-refractivity contribution in [2.24, 2.45) is 0 Å². The van der Waals surface area contributed by atoms with Gasteiger partial charge in [-0.25, -0.2) is 9.59 Å². The summed E-state index contributed by atoms with van der Waals surface area (Å²) in [5, 5.41) is 0.611. The molecule has 1 N–H and O–H groups in total. The Morgan fingerprint density at radius 1 is 1.06 bits per heavy atom. The molecule has 0 aliphatic carbocycles. The first-order valence-corrected chi connectivity index (χ1v) is 10.8. The van der Waals surface area contributed by atoms with Crippen molar-refractivity contribution in [3.05, 3.63) is 59.8 Å². The van der Waals surface area contributed by atoms with E-state index >= 15 is 0 Å². The molecule has 0 spiro atoms. The lowest BCUT2D eigenvalue weighted by molar-refractivity contribution is -0.140. The number of H-pyrrole nitrogens is 1. The Balaban J connectivity index is 1.84. The van der Waals surface area contributed by atoms with Crippen molar-refractivity contribution in [3.63, 3.8) is 0 Å². The van der Waals surface area contributed by atoms with Gasteiger partial charge in [-0.15, -0.1) is 0 Å². The smallest absolute Gasteiger partial charge is 0.419 e. The second-order valence-electron chi connectivity index (χ2n) is 7.50. The van der Waals surface area contributed by atoms with Crippen LogP contribution in [-0.2, 0) is 14.3 Å². The van der Waals surface area contributed by atoms with Crippen molar-refractivity contribution in [1.29, 1.82) is 0 Å². The predicted molar refractivity (Wildman–Crippen MR) is 125 cm³/mol. The standard InChI is InChI=1S/C25H28N2O6/c1-4-5-15-32-24(29)23-17(2)26-21-12-11-19(16-20(21)23)33-25(30)27(14-13-22(28)31-3)18-9-7-6-8-10-18/h6-12,16,26H,4-5,13-15H2,1-3H3. The molecular weight excluding hydrogens is 424 g/mol. The fourth-order valence-electron chi connectivity index (χ4n) is 3.41. The lowest BCUT2D eigenvalue weighted by atomic mass is 10.1. The minimum atomic E-state index is -0.649. The first kappa shape index (κ1) is 23.8. The van der Waals surface area contributed by atoms with Crippen molar-refractivity contribution in [2.45, 2.75) is 33.1 Å². The van der Waals surface area contributed by atoms with E-state index in [-0.39, 0.29) is 18.7 Å². The number of amides is 1. The molecule has 0 fully saturated rings. The zero-order chi connectivity index (χ0) is 23.8. The molecule has 33 heavy (non-hydrogen) atoms. The normalized spacial score (nSPS) is 10.6. The minimum absolute atomic E-state index is 0.0181. The summed E-state index contributed by atoms with van der Waals surface area (Å²) in [4.78, 5) is 41.8. The molecular formula is C25H28N2O6. The van der Waals surface area contributed by atoms with Crippen LogP contribution in [-0.4, -0.2) is 43.3 Å². The number of aromatic amines is 1. The van der Waals surface area contributed by atoms with Gasteiger partial charge >= 0.3 is 18.0 Å². The van der Waals surface area contributed by atoms with E-state index in [1.54, 1.807) is 49.4 Å². The van der Waals surface area contributed by atoms with Crippen molar-refractivity contribution in [3.8, 4) is 5.75 Å². The second kappa shape index (κ2) is 11.2. The summed E-state index contributed by atoms with van der Waals surface area (Å²) in [6.45, 7) is 4.26. The number of anilines is 1.